The third-order valence-corrected chi connectivity index (χ3v) is 7.41. The number of fused-ring (bicyclic) bond motifs is 3. The maximum Gasteiger partial charge on any atom is 0.416 e. The Bertz CT molecular complexity index is 881. The van der Waals surface area contributed by atoms with Crippen LogP contribution in [0.4, 0.5) is 4.79 Å². The molecule has 2 aliphatic rings. The number of halogens is 1. The van der Waals surface area contributed by atoms with Crippen molar-refractivity contribution in [2.45, 2.75) is 49.0 Å². The summed E-state index contributed by atoms with van der Waals surface area (Å²) in [7, 11) is 0. The molecule has 1 aromatic heterocycles. The zero-order valence-electron chi connectivity index (χ0n) is 14.4. The fourth-order valence-electron chi connectivity index (χ4n) is 4.30. The zero-order chi connectivity index (χ0) is 18.4. The van der Waals surface area contributed by atoms with Crippen molar-refractivity contribution in [3.05, 3.63) is 33.9 Å². The van der Waals surface area contributed by atoms with Crippen LogP contribution in [0.5, 0.6) is 0 Å². The van der Waals surface area contributed by atoms with E-state index in [0.717, 1.165) is 28.3 Å². The quantitative estimate of drug-likeness (QED) is 0.664. The van der Waals surface area contributed by atoms with Gasteiger partial charge < -0.3 is 9.84 Å². The third-order valence-electron chi connectivity index (χ3n) is 5.33. The minimum absolute atomic E-state index is 0.247. The molecule has 0 spiro atoms. The van der Waals surface area contributed by atoms with Crippen LogP contribution in [0.1, 0.15) is 54.4 Å². The Kier molecular flexibility index (Phi) is 4.77. The lowest BCUT2D eigenvalue weighted by molar-refractivity contribution is 0.0528. The molecule has 5 nitrogen and oxygen atoms in total. The van der Waals surface area contributed by atoms with Gasteiger partial charge in [-0.3, -0.25) is 4.57 Å². The monoisotopic (exact) mass is 437 g/mol. The van der Waals surface area contributed by atoms with E-state index in [9.17, 15) is 14.7 Å². The van der Waals surface area contributed by atoms with Crippen molar-refractivity contribution in [2.75, 3.05) is 6.61 Å². The number of carboxylic acid groups (broad SMARTS) is 1. The molecule has 2 saturated heterocycles. The van der Waals surface area contributed by atoms with Gasteiger partial charge in [-0.1, -0.05) is 15.9 Å². The highest BCUT2D eigenvalue weighted by Gasteiger charge is 2.37. The molecule has 2 aromatic rings. The molecule has 0 saturated carbocycles. The van der Waals surface area contributed by atoms with Gasteiger partial charge in [0.1, 0.15) is 0 Å². The summed E-state index contributed by atoms with van der Waals surface area (Å²) in [6.07, 6.45) is 5.27. The Hall–Kier alpha value is -1.47. The number of ether oxygens (including phenoxy) is 1. The van der Waals surface area contributed by atoms with Gasteiger partial charge in [-0.05, 0) is 56.2 Å². The molecule has 2 fully saturated rings. The molecule has 7 heteroatoms. The highest BCUT2D eigenvalue weighted by Crippen LogP contribution is 2.50. The molecule has 2 unspecified atom stereocenters. The first-order chi connectivity index (χ1) is 12.5. The van der Waals surface area contributed by atoms with E-state index in [1.165, 1.54) is 17.4 Å². The Morgan fingerprint density at radius 3 is 2.62 bits per heavy atom. The number of aromatic nitrogens is 1. The second kappa shape index (κ2) is 6.93. The van der Waals surface area contributed by atoms with Crippen LogP contribution in [0.25, 0.3) is 10.9 Å². The first-order valence-corrected chi connectivity index (χ1v) is 10.6. The topological polar surface area (TPSA) is 68.5 Å². The lowest BCUT2D eigenvalue weighted by atomic mass is 9.90. The predicted octanol–water partition coefficient (Wildman–Crippen LogP) is 5.25. The van der Waals surface area contributed by atoms with Crippen LogP contribution in [-0.4, -0.2) is 38.8 Å². The second-order valence-electron chi connectivity index (χ2n) is 6.93. The first-order valence-electron chi connectivity index (χ1n) is 8.88. The van der Waals surface area contributed by atoms with Gasteiger partial charge in [0.15, 0.2) is 0 Å². The summed E-state index contributed by atoms with van der Waals surface area (Å²) >= 11 is 5.56. The number of carbonyl (C=O) groups excluding carboxylic acids is 1. The summed E-state index contributed by atoms with van der Waals surface area (Å²) in [5.74, 6) is -0.161. The van der Waals surface area contributed by atoms with Crippen molar-refractivity contribution < 1.29 is 19.4 Å². The molecule has 0 amide bonds. The highest BCUT2D eigenvalue weighted by molar-refractivity contribution is 9.10. The van der Waals surface area contributed by atoms with Crippen molar-refractivity contribution in [3.8, 4) is 0 Å². The van der Waals surface area contributed by atoms with Gasteiger partial charge in [-0.25, -0.2) is 9.59 Å². The molecule has 0 radical (unpaired) electrons. The Morgan fingerprint density at radius 2 is 2.00 bits per heavy atom. The van der Waals surface area contributed by atoms with E-state index < -0.39 is 12.1 Å². The van der Waals surface area contributed by atoms with E-state index in [4.69, 9.17) is 4.74 Å². The van der Waals surface area contributed by atoms with Crippen molar-refractivity contribution in [1.82, 2.24) is 4.57 Å². The Morgan fingerprint density at radius 1 is 1.31 bits per heavy atom. The number of nitrogens with zero attached hydrogens (tertiary/aromatic N) is 1. The summed E-state index contributed by atoms with van der Waals surface area (Å²) < 4.78 is 7.10. The summed E-state index contributed by atoms with van der Waals surface area (Å²) in [6.45, 7) is 1.99. The minimum atomic E-state index is -1.08. The van der Waals surface area contributed by atoms with Gasteiger partial charge in [-0.15, -0.1) is 0 Å². The van der Waals surface area contributed by atoms with Crippen molar-refractivity contribution in [2.24, 2.45) is 0 Å². The van der Waals surface area contributed by atoms with E-state index in [2.05, 4.69) is 27.7 Å². The van der Waals surface area contributed by atoms with Crippen LogP contribution < -0.4 is 0 Å². The maximum absolute atomic E-state index is 12.4. The molecule has 0 aliphatic carbocycles. The second-order valence-corrected chi connectivity index (χ2v) is 9.45. The average molecular weight is 438 g/mol. The summed E-state index contributed by atoms with van der Waals surface area (Å²) in [5, 5.41) is 11.9. The summed E-state index contributed by atoms with van der Waals surface area (Å²) in [5.41, 5.74) is 1.75. The largest absolute Gasteiger partial charge is 0.464 e. The van der Waals surface area contributed by atoms with Crippen LogP contribution in [-0.2, 0) is 4.74 Å². The summed E-state index contributed by atoms with van der Waals surface area (Å²) in [4.78, 5) is 24.3. The standard InChI is InChI=1S/C19H20BrNO4S/c1-2-25-18(22)15-8-11(20)7-14-16(9-21(17(14)15)19(23)24)10-5-12-3-4-13(6-10)26-12/h7-10,12-13H,2-6H2,1H3,(H,23,24). The SMILES string of the molecule is CCOC(=O)c1cc(Br)cc2c(C3CC4CCC(C3)S4)cn(C(=O)O)c12. The van der Waals surface area contributed by atoms with E-state index in [0.29, 0.717) is 21.9 Å². The molecule has 2 atom stereocenters. The fourth-order valence-corrected chi connectivity index (χ4v) is 6.54. The number of rotatable bonds is 3. The van der Waals surface area contributed by atoms with E-state index >= 15 is 0 Å². The predicted molar refractivity (Wildman–Crippen MR) is 105 cm³/mol. The molecule has 4 rings (SSSR count). The fraction of sp³-hybridized carbons (Fsp3) is 0.474. The smallest absolute Gasteiger partial charge is 0.416 e. The van der Waals surface area contributed by atoms with Gasteiger partial charge in [0.2, 0.25) is 0 Å². The van der Waals surface area contributed by atoms with Gasteiger partial charge >= 0.3 is 12.1 Å². The highest BCUT2D eigenvalue weighted by atomic mass is 79.9. The summed E-state index contributed by atoms with van der Waals surface area (Å²) in [6, 6.07) is 3.57. The first kappa shape index (κ1) is 17.9. The third kappa shape index (κ3) is 3.05. The number of hydrogen-bond acceptors (Lipinski definition) is 4. The van der Waals surface area contributed by atoms with Gasteiger partial charge in [0.05, 0.1) is 17.7 Å². The lowest BCUT2D eigenvalue weighted by Crippen LogP contribution is -2.15. The van der Waals surface area contributed by atoms with Gasteiger partial charge in [0, 0.05) is 26.6 Å². The van der Waals surface area contributed by atoms with E-state index in [1.807, 2.05) is 6.07 Å². The molecule has 1 N–H and O–H groups in total. The van der Waals surface area contributed by atoms with Crippen molar-refractivity contribution in [1.29, 1.82) is 0 Å². The number of benzene rings is 1. The average Bonchev–Trinajstić information content (AvgIpc) is 3.14. The van der Waals surface area contributed by atoms with Crippen molar-refractivity contribution >= 4 is 50.7 Å². The number of esters is 1. The van der Waals surface area contributed by atoms with Crippen LogP contribution in [0.3, 0.4) is 0 Å². The van der Waals surface area contributed by atoms with Crippen molar-refractivity contribution in [3.63, 3.8) is 0 Å². The molecular weight excluding hydrogens is 418 g/mol. The van der Waals surface area contributed by atoms with Crippen LogP contribution >= 0.6 is 27.7 Å². The Labute approximate surface area is 164 Å². The maximum atomic E-state index is 12.4. The number of carbonyl (C=O) groups is 2. The molecule has 26 heavy (non-hydrogen) atoms. The van der Waals surface area contributed by atoms with Crippen LogP contribution in [0, 0.1) is 0 Å². The molecule has 1 aromatic carbocycles. The number of hydrogen-bond donors (Lipinski definition) is 1. The van der Waals surface area contributed by atoms with E-state index in [-0.39, 0.29) is 12.2 Å². The number of thioether (sulfide) groups is 1. The van der Waals surface area contributed by atoms with Crippen LogP contribution in [0.15, 0.2) is 22.8 Å². The van der Waals surface area contributed by atoms with Gasteiger partial charge in [-0.2, -0.15) is 11.8 Å². The molecule has 2 aliphatic heterocycles. The molecule has 2 bridgehead atoms. The zero-order valence-corrected chi connectivity index (χ0v) is 16.8. The van der Waals surface area contributed by atoms with Gasteiger partial charge in [0.25, 0.3) is 0 Å². The molecule has 3 heterocycles. The molecule has 138 valence electrons. The minimum Gasteiger partial charge on any atom is -0.464 e. The molecular formula is C19H20BrNO4S. The normalized spacial score (nSPS) is 24.8. The lowest BCUT2D eigenvalue weighted by Gasteiger charge is -2.27. The Balaban J connectivity index is 1.89. The van der Waals surface area contributed by atoms with Crippen LogP contribution in [0.2, 0.25) is 0 Å². The van der Waals surface area contributed by atoms with E-state index in [1.54, 1.807) is 19.2 Å².